The van der Waals surface area contributed by atoms with Crippen molar-refractivity contribution in [2.45, 2.75) is 33.4 Å². The molecule has 1 atom stereocenters. The fourth-order valence-corrected chi connectivity index (χ4v) is 3.42. The standard InChI is InChI=1S/C29H30N4O4/c1-20(2)28(32-27(34)19-37-26-11-7-4-8-21(26)3)29(35)33-31-17-22-12-14-25(15-13-22)36-18-24-10-6-5-9-23(24)16-30/h4-15,17,20,28H,18-19H2,1-3H3,(H,32,34)(H,33,35). The van der Waals surface area contributed by atoms with Crippen molar-refractivity contribution in [3.63, 3.8) is 0 Å². The number of hydrogen-bond acceptors (Lipinski definition) is 6. The zero-order valence-electron chi connectivity index (χ0n) is 21.1. The minimum Gasteiger partial charge on any atom is -0.489 e. The second-order valence-electron chi connectivity index (χ2n) is 8.70. The number of nitriles is 1. The van der Waals surface area contributed by atoms with Gasteiger partial charge in [0.2, 0.25) is 0 Å². The van der Waals surface area contributed by atoms with Crippen LogP contribution < -0.4 is 20.2 Å². The monoisotopic (exact) mass is 498 g/mol. The maximum absolute atomic E-state index is 12.6. The summed E-state index contributed by atoms with van der Waals surface area (Å²) in [7, 11) is 0. The lowest BCUT2D eigenvalue weighted by atomic mass is 10.0. The van der Waals surface area contributed by atoms with E-state index >= 15 is 0 Å². The lowest BCUT2D eigenvalue weighted by Gasteiger charge is -2.20. The van der Waals surface area contributed by atoms with Crippen molar-refractivity contribution in [1.29, 1.82) is 5.26 Å². The lowest BCUT2D eigenvalue weighted by Crippen LogP contribution is -2.49. The number of hydrazone groups is 1. The summed E-state index contributed by atoms with van der Waals surface area (Å²) in [6.07, 6.45) is 1.51. The highest BCUT2D eigenvalue weighted by Crippen LogP contribution is 2.17. The maximum atomic E-state index is 12.6. The number of amides is 2. The normalized spacial score (nSPS) is 11.5. The number of nitrogens with zero attached hydrogens (tertiary/aromatic N) is 2. The highest BCUT2D eigenvalue weighted by Gasteiger charge is 2.24. The Hall–Kier alpha value is -4.64. The third-order valence-electron chi connectivity index (χ3n) is 5.52. The molecule has 0 bridgehead atoms. The number of carbonyl (C=O) groups excluding carboxylic acids is 2. The molecule has 0 aliphatic heterocycles. The van der Waals surface area contributed by atoms with Gasteiger partial charge in [-0.15, -0.1) is 0 Å². The molecule has 0 aromatic heterocycles. The van der Waals surface area contributed by atoms with E-state index in [0.29, 0.717) is 17.1 Å². The van der Waals surface area contributed by atoms with E-state index in [-0.39, 0.29) is 19.1 Å². The number of hydrogen-bond donors (Lipinski definition) is 2. The quantitative estimate of drug-likeness (QED) is 0.305. The number of nitrogens with one attached hydrogen (secondary N) is 2. The number of aryl methyl sites for hydroxylation is 1. The van der Waals surface area contributed by atoms with Crippen molar-refractivity contribution in [3.8, 4) is 17.6 Å². The molecule has 0 radical (unpaired) electrons. The van der Waals surface area contributed by atoms with Gasteiger partial charge in [-0.3, -0.25) is 9.59 Å². The van der Waals surface area contributed by atoms with Crippen LogP contribution in [0.1, 0.15) is 36.1 Å². The van der Waals surface area contributed by atoms with Crippen LogP contribution in [0.2, 0.25) is 0 Å². The molecule has 8 nitrogen and oxygen atoms in total. The zero-order valence-corrected chi connectivity index (χ0v) is 21.1. The van der Waals surface area contributed by atoms with Gasteiger partial charge < -0.3 is 14.8 Å². The van der Waals surface area contributed by atoms with Crippen molar-refractivity contribution >= 4 is 18.0 Å². The lowest BCUT2D eigenvalue weighted by molar-refractivity contribution is -0.131. The van der Waals surface area contributed by atoms with Gasteiger partial charge >= 0.3 is 0 Å². The third-order valence-corrected chi connectivity index (χ3v) is 5.52. The number of ether oxygens (including phenoxy) is 2. The van der Waals surface area contributed by atoms with E-state index < -0.39 is 17.9 Å². The molecule has 0 aliphatic rings. The second-order valence-corrected chi connectivity index (χ2v) is 8.70. The van der Waals surface area contributed by atoms with Crippen LogP contribution in [0.3, 0.4) is 0 Å². The first-order valence-corrected chi connectivity index (χ1v) is 11.9. The molecular weight excluding hydrogens is 468 g/mol. The van der Waals surface area contributed by atoms with Crippen molar-refractivity contribution in [1.82, 2.24) is 10.7 Å². The first kappa shape index (κ1) is 27.0. The second kappa shape index (κ2) is 13.4. The summed E-state index contributed by atoms with van der Waals surface area (Å²) >= 11 is 0. The van der Waals surface area contributed by atoms with Gasteiger partial charge in [-0.25, -0.2) is 5.43 Å². The Morgan fingerprint density at radius 1 is 1.00 bits per heavy atom. The zero-order chi connectivity index (χ0) is 26.6. The molecule has 0 spiro atoms. The van der Waals surface area contributed by atoms with E-state index in [9.17, 15) is 14.9 Å². The summed E-state index contributed by atoms with van der Waals surface area (Å²) in [5.74, 6) is 0.293. The Balaban J connectivity index is 1.49. The van der Waals surface area contributed by atoms with Crippen molar-refractivity contribution in [3.05, 3.63) is 95.1 Å². The fourth-order valence-electron chi connectivity index (χ4n) is 3.42. The molecule has 2 N–H and O–H groups in total. The van der Waals surface area contributed by atoms with Crippen LogP contribution in [0.5, 0.6) is 11.5 Å². The van der Waals surface area contributed by atoms with Gasteiger partial charge in [-0.2, -0.15) is 10.4 Å². The molecule has 8 heteroatoms. The van der Waals surface area contributed by atoms with Gasteiger partial charge in [0.05, 0.1) is 17.8 Å². The third kappa shape index (κ3) is 8.22. The molecule has 0 saturated heterocycles. The van der Waals surface area contributed by atoms with E-state index in [0.717, 1.165) is 16.7 Å². The summed E-state index contributed by atoms with van der Waals surface area (Å²) in [6.45, 7) is 5.66. The molecule has 0 saturated carbocycles. The van der Waals surface area contributed by atoms with Gasteiger partial charge in [0.15, 0.2) is 6.61 Å². The summed E-state index contributed by atoms with van der Waals surface area (Å²) in [4.78, 5) is 25.0. The van der Waals surface area contributed by atoms with E-state index in [1.54, 1.807) is 36.4 Å². The molecule has 37 heavy (non-hydrogen) atoms. The fraction of sp³-hybridized carbons (Fsp3) is 0.241. The van der Waals surface area contributed by atoms with Crippen LogP contribution >= 0.6 is 0 Å². The summed E-state index contributed by atoms with van der Waals surface area (Å²) in [6, 6.07) is 23.2. The molecule has 2 amide bonds. The van der Waals surface area contributed by atoms with Gasteiger partial charge in [-0.1, -0.05) is 50.2 Å². The SMILES string of the molecule is Cc1ccccc1OCC(=O)NC(C(=O)NN=Cc1ccc(OCc2ccccc2C#N)cc1)C(C)C. The minimum atomic E-state index is -0.766. The summed E-state index contributed by atoms with van der Waals surface area (Å²) < 4.78 is 11.3. The Morgan fingerprint density at radius 2 is 1.70 bits per heavy atom. The predicted molar refractivity (Wildman–Crippen MR) is 141 cm³/mol. The maximum Gasteiger partial charge on any atom is 0.262 e. The predicted octanol–water partition coefficient (Wildman–Crippen LogP) is 4.12. The van der Waals surface area contributed by atoms with Crippen molar-refractivity contribution in [2.75, 3.05) is 6.61 Å². The molecule has 190 valence electrons. The highest BCUT2D eigenvalue weighted by atomic mass is 16.5. The molecule has 0 fully saturated rings. The van der Waals surface area contributed by atoms with Gasteiger partial charge in [0.1, 0.15) is 24.1 Å². The van der Waals surface area contributed by atoms with E-state index in [1.807, 2.05) is 57.2 Å². The molecule has 0 heterocycles. The molecule has 3 aromatic rings. The average Bonchev–Trinajstić information content (AvgIpc) is 2.90. The Bertz CT molecular complexity index is 1280. The average molecular weight is 499 g/mol. The van der Waals surface area contributed by atoms with Gasteiger partial charge in [-0.05, 0) is 60.4 Å². The number of benzene rings is 3. The first-order valence-electron chi connectivity index (χ1n) is 11.9. The van der Waals surface area contributed by atoms with Crippen molar-refractivity contribution < 1.29 is 19.1 Å². The molecule has 0 aliphatic carbocycles. The number of carbonyl (C=O) groups is 2. The minimum absolute atomic E-state index is 0.153. The van der Waals surface area contributed by atoms with Crippen LogP contribution in [0.25, 0.3) is 0 Å². The molecule has 1 unspecified atom stereocenters. The van der Waals surface area contributed by atoms with E-state index in [4.69, 9.17) is 9.47 Å². The number of rotatable bonds is 11. The van der Waals surface area contributed by atoms with Crippen LogP contribution in [0.15, 0.2) is 77.9 Å². The first-order chi connectivity index (χ1) is 17.9. The van der Waals surface area contributed by atoms with Crippen LogP contribution in [-0.4, -0.2) is 30.7 Å². The molecule has 3 rings (SSSR count). The van der Waals surface area contributed by atoms with Crippen molar-refractivity contribution in [2.24, 2.45) is 11.0 Å². The Morgan fingerprint density at radius 3 is 2.41 bits per heavy atom. The largest absolute Gasteiger partial charge is 0.489 e. The highest BCUT2D eigenvalue weighted by molar-refractivity contribution is 5.89. The van der Waals surface area contributed by atoms with E-state index in [1.165, 1.54) is 6.21 Å². The Kier molecular flexibility index (Phi) is 9.80. The summed E-state index contributed by atoms with van der Waals surface area (Å²) in [5, 5.41) is 15.9. The van der Waals surface area contributed by atoms with Crippen LogP contribution in [0, 0.1) is 24.2 Å². The number of para-hydroxylation sites is 1. The smallest absolute Gasteiger partial charge is 0.262 e. The van der Waals surface area contributed by atoms with Gasteiger partial charge in [0.25, 0.3) is 11.8 Å². The molecular formula is C29H30N4O4. The van der Waals surface area contributed by atoms with Gasteiger partial charge in [0, 0.05) is 5.56 Å². The Labute approximate surface area is 216 Å². The topological polar surface area (TPSA) is 113 Å². The van der Waals surface area contributed by atoms with Crippen LogP contribution in [-0.2, 0) is 16.2 Å². The van der Waals surface area contributed by atoms with Crippen LogP contribution in [0.4, 0.5) is 0 Å². The summed E-state index contributed by atoms with van der Waals surface area (Å²) in [5.41, 5.74) is 5.55. The molecule has 3 aromatic carbocycles. The van der Waals surface area contributed by atoms with E-state index in [2.05, 4.69) is 21.9 Å².